The van der Waals surface area contributed by atoms with E-state index in [1.54, 1.807) is 0 Å². The Balaban J connectivity index is 1.69. The lowest BCUT2D eigenvalue weighted by molar-refractivity contribution is -0.116. The number of carbonyl (C=O) groups is 1. The number of carbonyl (C=O) groups excluding carboxylic acids is 1. The maximum Gasteiger partial charge on any atom is 0.224 e. The largest absolute Gasteiger partial charge is 0.373 e. The van der Waals surface area contributed by atoms with Gasteiger partial charge in [0.2, 0.25) is 5.91 Å². The molecule has 0 aliphatic carbocycles. The Labute approximate surface area is 132 Å². The van der Waals surface area contributed by atoms with Crippen LogP contribution in [0, 0.1) is 0 Å². The van der Waals surface area contributed by atoms with Crippen LogP contribution in [0.3, 0.4) is 0 Å². The van der Waals surface area contributed by atoms with Gasteiger partial charge in [0.25, 0.3) is 0 Å². The highest BCUT2D eigenvalue weighted by Crippen LogP contribution is 2.12. The van der Waals surface area contributed by atoms with Crippen molar-refractivity contribution in [1.82, 2.24) is 4.90 Å². The molecule has 1 fully saturated rings. The molecule has 1 aromatic rings. The molecule has 0 spiro atoms. The number of amides is 1. The molecule has 1 heterocycles. The monoisotopic (exact) mass is 305 g/mol. The van der Waals surface area contributed by atoms with E-state index in [4.69, 9.17) is 10.5 Å². The molecule has 2 atom stereocenters. The van der Waals surface area contributed by atoms with E-state index in [2.05, 4.69) is 24.1 Å². The first kappa shape index (κ1) is 16.9. The van der Waals surface area contributed by atoms with Gasteiger partial charge in [-0.25, -0.2) is 0 Å². The first-order valence-corrected chi connectivity index (χ1v) is 8.03. The summed E-state index contributed by atoms with van der Waals surface area (Å²) in [5.74, 6) is 0.0647. The Morgan fingerprint density at radius 2 is 1.91 bits per heavy atom. The SMILES string of the molecule is CC1CN(CCCC(=O)Nc2ccc(CN)cc2)CC(C)O1. The highest BCUT2D eigenvalue weighted by Gasteiger charge is 2.21. The minimum atomic E-state index is 0.0647. The number of nitrogens with two attached hydrogens (primary N) is 1. The van der Waals surface area contributed by atoms with Crippen LogP contribution in [0.2, 0.25) is 0 Å². The van der Waals surface area contributed by atoms with E-state index < -0.39 is 0 Å². The van der Waals surface area contributed by atoms with Crippen LogP contribution in [-0.2, 0) is 16.1 Å². The summed E-state index contributed by atoms with van der Waals surface area (Å²) < 4.78 is 5.71. The maximum atomic E-state index is 12.0. The van der Waals surface area contributed by atoms with Crippen molar-refractivity contribution in [3.63, 3.8) is 0 Å². The number of anilines is 1. The van der Waals surface area contributed by atoms with E-state index in [-0.39, 0.29) is 18.1 Å². The Hall–Kier alpha value is -1.43. The first-order valence-electron chi connectivity index (χ1n) is 8.03. The van der Waals surface area contributed by atoms with Crippen LogP contribution in [-0.4, -0.2) is 42.6 Å². The molecule has 0 radical (unpaired) electrons. The molecule has 3 N–H and O–H groups in total. The highest BCUT2D eigenvalue weighted by atomic mass is 16.5. The van der Waals surface area contributed by atoms with E-state index >= 15 is 0 Å². The fourth-order valence-corrected chi connectivity index (χ4v) is 2.88. The van der Waals surface area contributed by atoms with E-state index in [1.807, 2.05) is 24.3 Å². The predicted octanol–water partition coefficient (Wildman–Crippen LogP) is 1.97. The Morgan fingerprint density at radius 1 is 1.27 bits per heavy atom. The van der Waals surface area contributed by atoms with Gasteiger partial charge in [-0.3, -0.25) is 9.69 Å². The molecule has 5 heteroatoms. The van der Waals surface area contributed by atoms with Crippen molar-refractivity contribution in [2.75, 3.05) is 25.0 Å². The summed E-state index contributed by atoms with van der Waals surface area (Å²) >= 11 is 0. The highest BCUT2D eigenvalue weighted by molar-refractivity contribution is 5.90. The van der Waals surface area contributed by atoms with Crippen LogP contribution in [0.4, 0.5) is 5.69 Å². The fraction of sp³-hybridized carbons (Fsp3) is 0.588. The molecule has 1 saturated heterocycles. The molecule has 0 bridgehead atoms. The van der Waals surface area contributed by atoms with E-state index in [0.717, 1.165) is 37.3 Å². The van der Waals surface area contributed by atoms with Crippen LogP contribution >= 0.6 is 0 Å². The summed E-state index contributed by atoms with van der Waals surface area (Å²) in [5.41, 5.74) is 7.45. The van der Waals surface area contributed by atoms with Gasteiger partial charge in [0.1, 0.15) is 0 Å². The lowest BCUT2D eigenvalue weighted by atomic mass is 10.2. The lowest BCUT2D eigenvalue weighted by Gasteiger charge is -2.35. The molecule has 0 aromatic heterocycles. The topological polar surface area (TPSA) is 67.6 Å². The maximum absolute atomic E-state index is 12.0. The van der Waals surface area contributed by atoms with Crippen molar-refractivity contribution >= 4 is 11.6 Å². The fourth-order valence-electron chi connectivity index (χ4n) is 2.88. The average molecular weight is 305 g/mol. The third-order valence-electron chi connectivity index (χ3n) is 3.85. The number of ether oxygens (including phenoxy) is 1. The summed E-state index contributed by atoms with van der Waals surface area (Å²) in [5, 5.41) is 2.93. The van der Waals surface area contributed by atoms with Gasteiger partial charge in [0.15, 0.2) is 0 Å². The molecule has 1 aliphatic rings. The minimum Gasteiger partial charge on any atom is -0.373 e. The molecule has 0 saturated carbocycles. The van der Waals surface area contributed by atoms with Gasteiger partial charge in [0.05, 0.1) is 12.2 Å². The Bertz CT molecular complexity index is 465. The first-order chi connectivity index (χ1) is 10.6. The molecule has 1 amide bonds. The van der Waals surface area contributed by atoms with Crippen molar-refractivity contribution in [3.8, 4) is 0 Å². The van der Waals surface area contributed by atoms with Crippen molar-refractivity contribution in [1.29, 1.82) is 0 Å². The molecule has 2 rings (SSSR count). The Morgan fingerprint density at radius 3 is 2.50 bits per heavy atom. The number of nitrogens with one attached hydrogen (secondary N) is 1. The number of benzene rings is 1. The number of nitrogens with zero attached hydrogens (tertiary/aromatic N) is 1. The molecule has 22 heavy (non-hydrogen) atoms. The quantitative estimate of drug-likeness (QED) is 0.843. The van der Waals surface area contributed by atoms with Gasteiger partial charge in [-0.1, -0.05) is 12.1 Å². The Kier molecular flexibility index (Phi) is 6.36. The van der Waals surface area contributed by atoms with Crippen LogP contribution in [0.15, 0.2) is 24.3 Å². The van der Waals surface area contributed by atoms with Crippen LogP contribution < -0.4 is 11.1 Å². The third-order valence-corrected chi connectivity index (χ3v) is 3.85. The average Bonchev–Trinajstić information content (AvgIpc) is 2.47. The van der Waals surface area contributed by atoms with Gasteiger partial charge in [-0.05, 0) is 44.5 Å². The predicted molar refractivity (Wildman–Crippen MR) is 88.6 cm³/mol. The lowest BCUT2D eigenvalue weighted by Crippen LogP contribution is -2.45. The second kappa shape index (κ2) is 8.27. The van der Waals surface area contributed by atoms with Crippen molar-refractivity contribution in [3.05, 3.63) is 29.8 Å². The normalized spacial score (nSPS) is 22.5. The zero-order chi connectivity index (χ0) is 15.9. The smallest absolute Gasteiger partial charge is 0.224 e. The second-order valence-electron chi connectivity index (χ2n) is 6.07. The van der Waals surface area contributed by atoms with Crippen molar-refractivity contribution in [2.24, 2.45) is 5.73 Å². The summed E-state index contributed by atoms with van der Waals surface area (Å²) in [4.78, 5) is 14.3. The summed E-state index contributed by atoms with van der Waals surface area (Å²) in [6, 6.07) is 7.66. The molecular formula is C17H27N3O2. The van der Waals surface area contributed by atoms with Crippen LogP contribution in [0.1, 0.15) is 32.3 Å². The zero-order valence-electron chi connectivity index (χ0n) is 13.5. The molecular weight excluding hydrogens is 278 g/mol. The van der Waals surface area contributed by atoms with E-state index in [1.165, 1.54) is 0 Å². The van der Waals surface area contributed by atoms with Crippen LogP contribution in [0.25, 0.3) is 0 Å². The summed E-state index contributed by atoms with van der Waals surface area (Å²) in [6.45, 7) is 7.56. The number of rotatable bonds is 6. The standard InChI is InChI=1S/C17H27N3O2/c1-13-11-20(12-14(2)22-13)9-3-4-17(21)19-16-7-5-15(10-18)6-8-16/h5-8,13-14H,3-4,9-12,18H2,1-2H3,(H,19,21). The van der Waals surface area contributed by atoms with E-state index in [0.29, 0.717) is 13.0 Å². The second-order valence-corrected chi connectivity index (χ2v) is 6.07. The number of hydrogen-bond donors (Lipinski definition) is 2. The van der Waals surface area contributed by atoms with Gasteiger partial charge in [0, 0.05) is 31.7 Å². The van der Waals surface area contributed by atoms with E-state index in [9.17, 15) is 4.79 Å². The molecule has 2 unspecified atom stereocenters. The summed E-state index contributed by atoms with van der Waals surface area (Å²) in [6.07, 6.45) is 1.96. The molecule has 1 aliphatic heterocycles. The number of morpholine rings is 1. The van der Waals surface area contributed by atoms with Crippen molar-refractivity contribution in [2.45, 2.75) is 45.4 Å². The van der Waals surface area contributed by atoms with Crippen LogP contribution in [0.5, 0.6) is 0 Å². The zero-order valence-corrected chi connectivity index (χ0v) is 13.5. The van der Waals surface area contributed by atoms with Crippen molar-refractivity contribution < 1.29 is 9.53 Å². The van der Waals surface area contributed by atoms with Gasteiger partial charge < -0.3 is 15.8 Å². The van der Waals surface area contributed by atoms with Gasteiger partial charge in [-0.15, -0.1) is 0 Å². The third kappa shape index (κ3) is 5.40. The molecule has 122 valence electrons. The summed E-state index contributed by atoms with van der Waals surface area (Å²) in [7, 11) is 0. The van der Waals surface area contributed by atoms with Gasteiger partial charge >= 0.3 is 0 Å². The molecule has 1 aromatic carbocycles. The minimum absolute atomic E-state index is 0.0647. The number of hydrogen-bond acceptors (Lipinski definition) is 4. The van der Waals surface area contributed by atoms with Gasteiger partial charge in [-0.2, -0.15) is 0 Å². The molecule has 5 nitrogen and oxygen atoms in total.